The van der Waals surface area contributed by atoms with Crippen LogP contribution in [-0.2, 0) is 4.74 Å². The third-order valence-electron chi connectivity index (χ3n) is 3.83. The Morgan fingerprint density at radius 2 is 2.09 bits per heavy atom. The summed E-state index contributed by atoms with van der Waals surface area (Å²) in [4.78, 5) is 10.8. The van der Waals surface area contributed by atoms with Crippen molar-refractivity contribution in [1.29, 1.82) is 0 Å². The summed E-state index contributed by atoms with van der Waals surface area (Å²) >= 11 is 5.95. The van der Waals surface area contributed by atoms with Crippen molar-refractivity contribution in [1.82, 2.24) is 20.2 Å². The van der Waals surface area contributed by atoms with E-state index >= 15 is 0 Å². The van der Waals surface area contributed by atoms with Gasteiger partial charge in [0, 0.05) is 18.1 Å². The molecule has 22 heavy (non-hydrogen) atoms. The maximum Gasteiger partial charge on any atom is 0.160 e. The lowest BCUT2D eigenvalue weighted by Crippen LogP contribution is -2.39. The molecule has 0 spiro atoms. The number of anilines is 1. The quantitative estimate of drug-likeness (QED) is 0.787. The van der Waals surface area contributed by atoms with E-state index in [1.807, 2.05) is 24.3 Å². The number of fused-ring (bicyclic) bond motifs is 1. The Kier molecular flexibility index (Phi) is 3.40. The normalized spacial score (nSPS) is 18.8. The molecule has 4 rings (SSSR count). The van der Waals surface area contributed by atoms with E-state index in [2.05, 4.69) is 25.1 Å². The number of nitrogens with one attached hydrogen (secondary N) is 1. The Bertz CT molecular complexity index is 788. The summed E-state index contributed by atoms with van der Waals surface area (Å²) in [6.45, 7) is 2.18. The SMILES string of the molecule is Clc1ccc([C@@H]2CN(c3ncnc4[nH]ncc34)CCO2)cc1. The molecule has 1 fully saturated rings. The first kappa shape index (κ1) is 13.5. The molecule has 0 amide bonds. The molecule has 112 valence electrons. The van der Waals surface area contributed by atoms with Gasteiger partial charge in [0.25, 0.3) is 0 Å². The number of H-pyrrole nitrogens is 1. The second kappa shape index (κ2) is 5.55. The Balaban J connectivity index is 1.63. The molecule has 1 aliphatic heterocycles. The minimum atomic E-state index is 0.00272. The van der Waals surface area contributed by atoms with Crippen LogP contribution in [0.4, 0.5) is 5.82 Å². The molecule has 7 heteroatoms. The van der Waals surface area contributed by atoms with Gasteiger partial charge in [-0.3, -0.25) is 5.10 Å². The summed E-state index contributed by atoms with van der Waals surface area (Å²) in [5.74, 6) is 0.890. The van der Waals surface area contributed by atoms with Gasteiger partial charge >= 0.3 is 0 Å². The second-order valence-electron chi connectivity index (χ2n) is 5.19. The number of benzene rings is 1. The third-order valence-corrected chi connectivity index (χ3v) is 4.09. The number of hydrogen-bond donors (Lipinski definition) is 1. The smallest absolute Gasteiger partial charge is 0.160 e. The fourth-order valence-corrected chi connectivity index (χ4v) is 2.85. The van der Waals surface area contributed by atoms with Gasteiger partial charge in [-0.05, 0) is 17.7 Å². The molecular weight excluding hydrogens is 302 g/mol. The van der Waals surface area contributed by atoms with Gasteiger partial charge in [0.15, 0.2) is 5.65 Å². The zero-order chi connectivity index (χ0) is 14.9. The van der Waals surface area contributed by atoms with Crippen LogP contribution in [0.5, 0.6) is 0 Å². The van der Waals surface area contributed by atoms with E-state index in [9.17, 15) is 0 Å². The predicted octanol–water partition coefficient (Wildman–Crippen LogP) is 2.58. The molecule has 3 heterocycles. The highest BCUT2D eigenvalue weighted by atomic mass is 35.5. The topological polar surface area (TPSA) is 66.9 Å². The molecule has 2 aromatic heterocycles. The van der Waals surface area contributed by atoms with Gasteiger partial charge in [0.1, 0.15) is 18.2 Å². The van der Waals surface area contributed by atoms with Crippen molar-refractivity contribution in [3.05, 3.63) is 47.4 Å². The van der Waals surface area contributed by atoms with E-state index in [0.29, 0.717) is 6.61 Å². The molecule has 0 bridgehead atoms. The van der Waals surface area contributed by atoms with Crippen LogP contribution >= 0.6 is 11.6 Å². The van der Waals surface area contributed by atoms with Crippen LogP contribution < -0.4 is 4.90 Å². The van der Waals surface area contributed by atoms with Crippen LogP contribution in [0.2, 0.25) is 5.02 Å². The van der Waals surface area contributed by atoms with Crippen molar-refractivity contribution in [3.63, 3.8) is 0 Å². The van der Waals surface area contributed by atoms with Crippen molar-refractivity contribution in [2.75, 3.05) is 24.6 Å². The lowest BCUT2D eigenvalue weighted by Gasteiger charge is -2.34. The molecule has 1 aromatic carbocycles. The molecule has 0 saturated carbocycles. The maximum atomic E-state index is 5.95. The number of aromatic nitrogens is 4. The molecule has 0 aliphatic carbocycles. The predicted molar refractivity (Wildman–Crippen MR) is 84.0 cm³/mol. The lowest BCUT2D eigenvalue weighted by atomic mass is 10.1. The van der Waals surface area contributed by atoms with Crippen molar-refractivity contribution < 1.29 is 4.74 Å². The highest BCUT2D eigenvalue weighted by Gasteiger charge is 2.24. The van der Waals surface area contributed by atoms with Gasteiger partial charge in [-0.15, -0.1) is 0 Å². The van der Waals surface area contributed by atoms with Crippen LogP contribution in [0.1, 0.15) is 11.7 Å². The zero-order valence-electron chi connectivity index (χ0n) is 11.7. The summed E-state index contributed by atoms with van der Waals surface area (Å²) < 4.78 is 5.90. The largest absolute Gasteiger partial charge is 0.370 e. The molecule has 0 unspecified atom stereocenters. The van der Waals surface area contributed by atoms with Crippen LogP contribution in [-0.4, -0.2) is 39.9 Å². The first-order valence-electron chi connectivity index (χ1n) is 7.07. The van der Waals surface area contributed by atoms with E-state index in [1.165, 1.54) is 0 Å². The average molecular weight is 316 g/mol. The summed E-state index contributed by atoms with van der Waals surface area (Å²) in [5.41, 5.74) is 1.87. The van der Waals surface area contributed by atoms with Crippen molar-refractivity contribution in [3.8, 4) is 0 Å². The van der Waals surface area contributed by atoms with Crippen LogP contribution in [0, 0.1) is 0 Å². The first-order valence-corrected chi connectivity index (χ1v) is 7.45. The lowest BCUT2D eigenvalue weighted by molar-refractivity contribution is 0.0396. The Morgan fingerprint density at radius 1 is 1.23 bits per heavy atom. The Labute approximate surface area is 132 Å². The molecule has 1 atom stereocenters. The molecule has 6 nitrogen and oxygen atoms in total. The molecular formula is C15H14ClN5O. The van der Waals surface area contributed by atoms with E-state index in [0.717, 1.165) is 40.5 Å². The number of halogens is 1. The number of hydrogen-bond acceptors (Lipinski definition) is 5. The fraction of sp³-hybridized carbons (Fsp3) is 0.267. The monoisotopic (exact) mass is 315 g/mol. The molecule has 3 aromatic rings. The second-order valence-corrected chi connectivity index (χ2v) is 5.62. The van der Waals surface area contributed by atoms with E-state index < -0.39 is 0 Å². The summed E-state index contributed by atoms with van der Waals surface area (Å²) in [7, 11) is 0. The third kappa shape index (κ3) is 2.40. The van der Waals surface area contributed by atoms with Gasteiger partial charge in [-0.25, -0.2) is 9.97 Å². The highest BCUT2D eigenvalue weighted by molar-refractivity contribution is 6.30. The maximum absolute atomic E-state index is 5.95. The molecule has 1 aliphatic rings. The number of morpholine rings is 1. The number of nitrogens with zero attached hydrogens (tertiary/aromatic N) is 4. The Morgan fingerprint density at radius 3 is 2.95 bits per heavy atom. The minimum absolute atomic E-state index is 0.00272. The van der Waals surface area contributed by atoms with Crippen molar-refractivity contribution in [2.24, 2.45) is 0 Å². The van der Waals surface area contributed by atoms with Gasteiger partial charge < -0.3 is 9.64 Å². The van der Waals surface area contributed by atoms with E-state index in [4.69, 9.17) is 16.3 Å². The number of aromatic amines is 1. The summed E-state index contributed by atoms with van der Waals surface area (Å²) in [6, 6.07) is 7.78. The average Bonchev–Trinajstić information content (AvgIpc) is 3.04. The Hall–Kier alpha value is -2.18. The van der Waals surface area contributed by atoms with Gasteiger partial charge in [0.2, 0.25) is 0 Å². The summed E-state index contributed by atoms with van der Waals surface area (Å²) in [6.07, 6.45) is 3.32. The van der Waals surface area contributed by atoms with Gasteiger partial charge in [0.05, 0.1) is 18.2 Å². The number of rotatable bonds is 2. The zero-order valence-corrected chi connectivity index (χ0v) is 12.5. The number of ether oxygens (including phenoxy) is 1. The van der Waals surface area contributed by atoms with E-state index in [1.54, 1.807) is 12.5 Å². The molecule has 1 N–H and O–H groups in total. The molecule has 0 radical (unpaired) electrons. The van der Waals surface area contributed by atoms with Gasteiger partial charge in [-0.2, -0.15) is 5.10 Å². The van der Waals surface area contributed by atoms with Crippen molar-refractivity contribution >= 4 is 28.5 Å². The minimum Gasteiger partial charge on any atom is -0.370 e. The van der Waals surface area contributed by atoms with Crippen LogP contribution in [0.3, 0.4) is 0 Å². The standard InChI is InChI=1S/C15H14ClN5O/c16-11-3-1-10(2-4-11)13-8-21(5-6-22-13)15-12-7-19-20-14(12)17-9-18-15/h1-4,7,9,13H,5-6,8H2,(H,17,18,19,20)/t13-/m0/s1. The fourth-order valence-electron chi connectivity index (χ4n) is 2.72. The first-order chi connectivity index (χ1) is 10.8. The van der Waals surface area contributed by atoms with Crippen LogP contribution in [0.25, 0.3) is 11.0 Å². The van der Waals surface area contributed by atoms with Crippen LogP contribution in [0.15, 0.2) is 36.8 Å². The van der Waals surface area contributed by atoms with Crippen molar-refractivity contribution in [2.45, 2.75) is 6.10 Å². The van der Waals surface area contributed by atoms with E-state index in [-0.39, 0.29) is 6.10 Å². The van der Waals surface area contributed by atoms with Gasteiger partial charge in [-0.1, -0.05) is 23.7 Å². The summed E-state index contributed by atoms with van der Waals surface area (Å²) in [5, 5.41) is 8.58. The molecule has 1 saturated heterocycles. The highest BCUT2D eigenvalue weighted by Crippen LogP contribution is 2.28.